The first-order valence-corrected chi connectivity index (χ1v) is 8.06. The summed E-state index contributed by atoms with van der Waals surface area (Å²) in [5.41, 5.74) is 0.225. The fourth-order valence-electron chi connectivity index (χ4n) is 5.52. The van der Waals surface area contributed by atoms with E-state index in [4.69, 9.17) is 0 Å². The smallest absolute Gasteiger partial charge is 0.226 e. The zero-order valence-corrected chi connectivity index (χ0v) is 12.2. The Labute approximate surface area is 125 Å². The predicted molar refractivity (Wildman–Crippen MR) is 79.8 cm³/mol. The molecule has 2 N–H and O–H groups in total. The fourth-order valence-corrected chi connectivity index (χ4v) is 5.52. The lowest BCUT2D eigenvalue weighted by Crippen LogP contribution is -2.47. The molecule has 0 spiro atoms. The van der Waals surface area contributed by atoms with E-state index in [2.05, 4.69) is 10.3 Å². The van der Waals surface area contributed by atoms with Crippen LogP contribution in [0.5, 0.6) is 5.75 Å². The van der Waals surface area contributed by atoms with E-state index in [-0.39, 0.29) is 22.9 Å². The van der Waals surface area contributed by atoms with E-state index < -0.39 is 0 Å². The Morgan fingerprint density at radius 1 is 1.24 bits per heavy atom. The maximum absolute atomic E-state index is 12.4. The van der Waals surface area contributed by atoms with E-state index in [1.807, 2.05) is 0 Å². The Morgan fingerprint density at radius 2 is 1.86 bits per heavy atom. The van der Waals surface area contributed by atoms with Crippen LogP contribution >= 0.6 is 0 Å². The molecule has 0 atom stereocenters. The zero-order valence-electron chi connectivity index (χ0n) is 12.2. The van der Waals surface area contributed by atoms with E-state index >= 15 is 0 Å². The highest BCUT2D eigenvalue weighted by Gasteiger charge is 2.51. The molecule has 4 heteroatoms. The summed E-state index contributed by atoms with van der Waals surface area (Å²) >= 11 is 0. The van der Waals surface area contributed by atoms with Crippen molar-refractivity contribution in [3.05, 3.63) is 18.3 Å². The quantitative estimate of drug-likeness (QED) is 0.896. The molecule has 1 aromatic heterocycles. The van der Waals surface area contributed by atoms with Crippen molar-refractivity contribution in [1.82, 2.24) is 4.98 Å². The zero-order chi connectivity index (χ0) is 14.4. The first-order valence-electron chi connectivity index (χ1n) is 8.06. The number of hydrogen-bond donors (Lipinski definition) is 2. The minimum absolute atomic E-state index is 0.00551. The summed E-state index contributed by atoms with van der Waals surface area (Å²) in [6, 6.07) is 3.21. The Kier molecular flexibility index (Phi) is 2.95. The number of anilines is 1. The summed E-state index contributed by atoms with van der Waals surface area (Å²) < 4.78 is 0. The van der Waals surface area contributed by atoms with Crippen LogP contribution in [0.2, 0.25) is 0 Å². The van der Waals surface area contributed by atoms with Crippen molar-refractivity contribution < 1.29 is 9.90 Å². The molecular formula is C17H22N2O2. The third-order valence-corrected chi connectivity index (χ3v) is 5.74. The van der Waals surface area contributed by atoms with E-state index in [1.54, 1.807) is 18.3 Å². The lowest BCUT2D eigenvalue weighted by atomic mass is 9.49. The average molecular weight is 286 g/mol. The molecule has 4 bridgehead atoms. The van der Waals surface area contributed by atoms with Crippen LogP contribution in [0.3, 0.4) is 0 Å². The van der Waals surface area contributed by atoms with Gasteiger partial charge in [-0.1, -0.05) is 0 Å². The van der Waals surface area contributed by atoms with Crippen LogP contribution in [-0.4, -0.2) is 16.0 Å². The maximum Gasteiger partial charge on any atom is 0.226 e. The maximum atomic E-state index is 12.4. The Hall–Kier alpha value is -1.58. The van der Waals surface area contributed by atoms with Crippen molar-refractivity contribution in [2.45, 2.75) is 44.9 Å². The van der Waals surface area contributed by atoms with Crippen molar-refractivity contribution in [2.24, 2.45) is 23.2 Å². The topological polar surface area (TPSA) is 62.2 Å². The van der Waals surface area contributed by atoms with Gasteiger partial charge in [-0.3, -0.25) is 4.79 Å². The predicted octanol–water partition coefficient (Wildman–Crippen LogP) is 3.33. The molecule has 0 radical (unpaired) electrons. The third-order valence-electron chi connectivity index (χ3n) is 5.74. The van der Waals surface area contributed by atoms with Gasteiger partial charge >= 0.3 is 0 Å². The fraction of sp³-hybridized carbons (Fsp3) is 0.647. The molecule has 0 saturated heterocycles. The number of amides is 1. The van der Waals surface area contributed by atoms with Gasteiger partial charge in [-0.2, -0.15) is 0 Å². The van der Waals surface area contributed by atoms with Gasteiger partial charge in [0.1, 0.15) is 0 Å². The molecule has 1 amide bonds. The van der Waals surface area contributed by atoms with Gasteiger partial charge in [-0.25, -0.2) is 4.98 Å². The molecule has 5 rings (SSSR count). The molecule has 4 aliphatic carbocycles. The number of rotatable bonds is 3. The molecule has 4 nitrogen and oxygen atoms in total. The molecule has 112 valence electrons. The van der Waals surface area contributed by atoms with Gasteiger partial charge in [0, 0.05) is 12.6 Å². The monoisotopic (exact) mass is 286 g/mol. The van der Waals surface area contributed by atoms with Crippen LogP contribution in [0.1, 0.15) is 44.9 Å². The van der Waals surface area contributed by atoms with Crippen molar-refractivity contribution in [3.63, 3.8) is 0 Å². The molecule has 1 aromatic rings. The van der Waals surface area contributed by atoms with Crippen LogP contribution < -0.4 is 5.32 Å². The summed E-state index contributed by atoms with van der Waals surface area (Å²) in [5, 5.41) is 12.5. The summed E-state index contributed by atoms with van der Waals surface area (Å²) in [6.07, 6.45) is 10.0. The summed E-state index contributed by atoms with van der Waals surface area (Å²) in [5.74, 6) is 2.89. The molecule has 0 unspecified atom stereocenters. The van der Waals surface area contributed by atoms with Crippen LogP contribution in [0.15, 0.2) is 18.3 Å². The van der Waals surface area contributed by atoms with Crippen molar-refractivity contribution >= 4 is 11.7 Å². The van der Waals surface area contributed by atoms with Gasteiger partial charge in [0.2, 0.25) is 5.91 Å². The normalized spacial score (nSPS) is 36.7. The lowest BCUT2D eigenvalue weighted by Gasteiger charge is -2.56. The van der Waals surface area contributed by atoms with Gasteiger partial charge < -0.3 is 10.4 Å². The third kappa shape index (κ3) is 2.41. The number of carbonyl (C=O) groups excluding carboxylic acids is 1. The number of carbonyl (C=O) groups is 1. The minimum Gasteiger partial charge on any atom is -0.504 e. The second-order valence-corrected chi connectivity index (χ2v) is 7.51. The van der Waals surface area contributed by atoms with E-state index in [0.717, 1.165) is 17.8 Å². The number of nitrogens with one attached hydrogen (secondary N) is 1. The highest BCUT2D eigenvalue weighted by atomic mass is 16.3. The number of pyridine rings is 1. The summed E-state index contributed by atoms with van der Waals surface area (Å²) in [4.78, 5) is 16.4. The van der Waals surface area contributed by atoms with Gasteiger partial charge in [0.05, 0.1) is 0 Å². The van der Waals surface area contributed by atoms with E-state index in [9.17, 15) is 9.90 Å². The summed E-state index contributed by atoms with van der Waals surface area (Å²) in [7, 11) is 0. The van der Waals surface area contributed by atoms with Gasteiger partial charge in [0.15, 0.2) is 11.6 Å². The molecule has 0 aromatic carbocycles. The number of aromatic nitrogens is 1. The van der Waals surface area contributed by atoms with Crippen LogP contribution in [-0.2, 0) is 4.79 Å². The standard InChI is InChI=1S/C17H22N2O2/c20-14-2-1-3-18-16(14)19-15(21)10-17-7-11-4-12(8-17)6-13(5-11)9-17/h1-3,11-13,20H,4-10H2,(H,18,19,21). The van der Waals surface area contributed by atoms with Crippen molar-refractivity contribution in [3.8, 4) is 5.75 Å². The molecular weight excluding hydrogens is 264 g/mol. The highest BCUT2D eigenvalue weighted by molar-refractivity contribution is 5.91. The van der Waals surface area contributed by atoms with E-state index in [1.165, 1.54) is 38.5 Å². The number of nitrogens with zero attached hydrogens (tertiary/aromatic N) is 1. The van der Waals surface area contributed by atoms with Crippen molar-refractivity contribution in [2.75, 3.05) is 5.32 Å². The number of hydrogen-bond acceptors (Lipinski definition) is 3. The van der Waals surface area contributed by atoms with E-state index in [0.29, 0.717) is 6.42 Å². The SMILES string of the molecule is O=C(CC12CC3CC(CC(C3)C1)C2)Nc1ncccc1O. The summed E-state index contributed by atoms with van der Waals surface area (Å²) in [6.45, 7) is 0. The lowest BCUT2D eigenvalue weighted by molar-refractivity contribution is -0.124. The first-order chi connectivity index (χ1) is 10.1. The minimum atomic E-state index is 0.00551. The van der Waals surface area contributed by atoms with Crippen LogP contribution in [0.25, 0.3) is 0 Å². The first kappa shape index (κ1) is 13.1. The van der Waals surface area contributed by atoms with Gasteiger partial charge in [-0.15, -0.1) is 0 Å². The largest absolute Gasteiger partial charge is 0.504 e. The Balaban J connectivity index is 1.46. The molecule has 4 aliphatic rings. The van der Waals surface area contributed by atoms with Crippen LogP contribution in [0.4, 0.5) is 5.82 Å². The van der Waals surface area contributed by atoms with Crippen molar-refractivity contribution in [1.29, 1.82) is 0 Å². The average Bonchev–Trinajstić information content (AvgIpc) is 2.39. The van der Waals surface area contributed by atoms with Gasteiger partial charge in [0.25, 0.3) is 0 Å². The molecule has 4 fully saturated rings. The molecule has 4 saturated carbocycles. The highest BCUT2D eigenvalue weighted by Crippen LogP contribution is 2.61. The Morgan fingerprint density at radius 3 is 2.43 bits per heavy atom. The molecule has 0 aliphatic heterocycles. The van der Waals surface area contributed by atoms with Gasteiger partial charge in [-0.05, 0) is 73.8 Å². The molecule has 1 heterocycles. The molecule has 21 heavy (non-hydrogen) atoms. The second kappa shape index (κ2) is 4.72. The second-order valence-electron chi connectivity index (χ2n) is 7.51. The van der Waals surface area contributed by atoms with Crippen LogP contribution in [0, 0.1) is 23.2 Å². The Bertz CT molecular complexity index is 534. The number of aromatic hydroxyl groups is 1.